The molecule has 1 aromatic carbocycles. The summed E-state index contributed by atoms with van der Waals surface area (Å²) in [6.07, 6.45) is 4.88. The van der Waals surface area contributed by atoms with Crippen molar-refractivity contribution in [2.45, 2.75) is 37.3 Å². The van der Waals surface area contributed by atoms with Gasteiger partial charge in [0.15, 0.2) is 0 Å². The van der Waals surface area contributed by atoms with Crippen LogP contribution in [0, 0.1) is 5.92 Å². The van der Waals surface area contributed by atoms with Gasteiger partial charge in [-0.05, 0) is 43.4 Å². The van der Waals surface area contributed by atoms with Crippen LogP contribution in [0.4, 0.5) is 0 Å². The predicted molar refractivity (Wildman–Crippen MR) is 66.9 cm³/mol. The number of nitrogens with one attached hydrogen (secondary N) is 1. The molecule has 2 fully saturated rings. The van der Waals surface area contributed by atoms with Crippen LogP contribution in [-0.4, -0.2) is 19.2 Å². The van der Waals surface area contributed by atoms with Crippen molar-refractivity contribution in [3.63, 3.8) is 0 Å². The molecule has 1 N–H and O–H groups in total. The van der Waals surface area contributed by atoms with Crippen LogP contribution >= 0.6 is 0 Å². The van der Waals surface area contributed by atoms with Gasteiger partial charge in [0.2, 0.25) is 0 Å². The summed E-state index contributed by atoms with van der Waals surface area (Å²) >= 11 is 0. The fourth-order valence-corrected chi connectivity index (χ4v) is 4.24. The summed E-state index contributed by atoms with van der Waals surface area (Å²) in [4.78, 5) is 0. The first-order valence-corrected chi connectivity index (χ1v) is 6.86. The van der Waals surface area contributed by atoms with Crippen molar-refractivity contribution in [2.75, 3.05) is 13.2 Å². The molecule has 17 heavy (non-hydrogen) atoms. The van der Waals surface area contributed by atoms with E-state index in [1.165, 1.54) is 30.4 Å². The monoisotopic (exact) mass is 229 g/mol. The summed E-state index contributed by atoms with van der Waals surface area (Å²) in [5, 5.41) is 3.71. The third-order valence-electron chi connectivity index (χ3n) is 4.92. The minimum atomic E-state index is 0.0447. The maximum Gasteiger partial charge on any atom is 0.0988 e. The standard InChI is InChI=1S/C15H19NO/c1-2-5-12-11(4-1)10-14-13-6-3-9-17-15(12,13)7-8-16-14/h1-2,4-5,13-14,16H,3,6-10H2/t13-,14+,15+/m0/s1. The first-order valence-electron chi connectivity index (χ1n) is 6.86. The van der Waals surface area contributed by atoms with E-state index in [0.29, 0.717) is 12.0 Å². The van der Waals surface area contributed by atoms with Gasteiger partial charge < -0.3 is 10.1 Å². The highest BCUT2D eigenvalue weighted by Crippen LogP contribution is 2.50. The van der Waals surface area contributed by atoms with Gasteiger partial charge >= 0.3 is 0 Å². The molecule has 3 atom stereocenters. The van der Waals surface area contributed by atoms with Gasteiger partial charge in [0.25, 0.3) is 0 Å². The highest BCUT2D eigenvalue weighted by Gasteiger charge is 2.52. The first-order chi connectivity index (χ1) is 8.40. The summed E-state index contributed by atoms with van der Waals surface area (Å²) in [6.45, 7) is 2.05. The maximum absolute atomic E-state index is 6.33. The van der Waals surface area contributed by atoms with Crippen LogP contribution in [-0.2, 0) is 16.8 Å². The van der Waals surface area contributed by atoms with Gasteiger partial charge in [-0.1, -0.05) is 24.3 Å². The normalized spacial score (nSPS) is 39.3. The van der Waals surface area contributed by atoms with E-state index in [1.54, 1.807) is 0 Å². The predicted octanol–water partition coefficient (Wildman–Crippen LogP) is 2.23. The van der Waals surface area contributed by atoms with Gasteiger partial charge in [-0.25, -0.2) is 0 Å². The topological polar surface area (TPSA) is 21.3 Å². The molecule has 0 radical (unpaired) electrons. The maximum atomic E-state index is 6.33. The lowest BCUT2D eigenvalue weighted by Gasteiger charge is -2.55. The zero-order chi connectivity index (χ0) is 11.3. The Kier molecular flexibility index (Phi) is 2.12. The zero-order valence-corrected chi connectivity index (χ0v) is 10.1. The van der Waals surface area contributed by atoms with Crippen LogP contribution < -0.4 is 5.32 Å². The summed E-state index contributed by atoms with van der Waals surface area (Å²) in [7, 11) is 0. The highest BCUT2D eigenvalue weighted by molar-refractivity contribution is 5.39. The Morgan fingerprint density at radius 1 is 1.29 bits per heavy atom. The molecule has 0 unspecified atom stereocenters. The Hall–Kier alpha value is -0.860. The molecule has 2 heterocycles. The molecule has 0 saturated carbocycles. The molecule has 2 heteroatoms. The minimum absolute atomic E-state index is 0.0447. The molecular weight excluding hydrogens is 210 g/mol. The quantitative estimate of drug-likeness (QED) is 0.736. The number of hydrogen-bond acceptors (Lipinski definition) is 2. The number of rotatable bonds is 0. The highest BCUT2D eigenvalue weighted by atomic mass is 16.5. The third kappa shape index (κ3) is 1.28. The van der Waals surface area contributed by atoms with Gasteiger partial charge in [0.1, 0.15) is 0 Å². The fraction of sp³-hybridized carbons (Fsp3) is 0.600. The largest absolute Gasteiger partial charge is 0.370 e. The Balaban J connectivity index is 1.90. The molecule has 2 nitrogen and oxygen atoms in total. The minimum Gasteiger partial charge on any atom is -0.370 e. The fourth-order valence-electron chi connectivity index (χ4n) is 4.24. The average Bonchev–Trinajstić information content (AvgIpc) is 2.39. The zero-order valence-electron chi connectivity index (χ0n) is 10.1. The second-order valence-corrected chi connectivity index (χ2v) is 5.66. The number of piperidine rings is 1. The number of hydrogen-bond donors (Lipinski definition) is 1. The second-order valence-electron chi connectivity index (χ2n) is 5.66. The summed E-state index contributed by atoms with van der Waals surface area (Å²) < 4.78 is 6.33. The smallest absolute Gasteiger partial charge is 0.0988 e. The van der Waals surface area contributed by atoms with Crippen LogP contribution in [0.5, 0.6) is 0 Å². The lowest BCUT2D eigenvalue weighted by molar-refractivity contribution is -0.158. The molecule has 90 valence electrons. The number of ether oxygens (including phenoxy) is 1. The van der Waals surface area contributed by atoms with E-state index in [-0.39, 0.29) is 5.60 Å². The van der Waals surface area contributed by atoms with Crippen LogP contribution in [0.2, 0.25) is 0 Å². The molecule has 2 saturated heterocycles. The first kappa shape index (κ1) is 10.1. The molecule has 4 rings (SSSR count). The van der Waals surface area contributed by atoms with Gasteiger partial charge in [-0.15, -0.1) is 0 Å². The summed E-state index contributed by atoms with van der Waals surface area (Å²) in [6, 6.07) is 9.55. The Bertz CT molecular complexity index is 440. The molecule has 0 aromatic heterocycles. The molecule has 0 amide bonds. The van der Waals surface area contributed by atoms with E-state index in [1.807, 2.05) is 0 Å². The average molecular weight is 229 g/mol. The van der Waals surface area contributed by atoms with Crippen LogP contribution in [0.1, 0.15) is 30.4 Å². The van der Waals surface area contributed by atoms with Gasteiger partial charge in [0.05, 0.1) is 5.60 Å². The van der Waals surface area contributed by atoms with Crippen molar-refractivity contribution >= 4 is 0 Å². The van der Waals surface area contributed by atoms with Crippen molar-refractivity contribution in [2.24, 2.45) is 5.92 Å². The summed E-state index contributed by atoms with van der Waals surface area (Å²) in [5.74, 6) is 0.694. The van der Waals surface area contributed by atoms with E-state index >= 15 is 0 Å². The van der Waals surface area contributed by atoms with Gasteiger partial charge in [0, 0.05) is 18.6 Å². The van der Waals surface area contributed by atoms with Crippen molar-refractivity contribution in [1.29, 1.82) is 0 Å². The van der Waals surface area contributed by atoms with E-state index in [2.05, 4.69) is 29.6 Å². The van der Waals surface area contributed by atoms with E-state index in [9.17, 15) is 0 Å². The van der Waals surface area contributed by atoms with Crippen molar-refractivity contribution in [3.8, 4) is 0 Å². The van der Waals surface area contributed by atoms with E-state index in [0.717, 1.165) is 19.6 Å². The van der Waals surface area contributed by atoms with Gasteiger partial charge in [-0.3, -0.25) is 0 Å². The van der Waals surface area contributed by atoms with Crippen LogP contribution in [0.3, 0.4) is 0 Å². The van der Waals surface area contributed by atoms with Gasteiger partial charge in [-0.2, -0.15) is 0 Å². The molecule has 3 aliphatic rings. The SMILES string of the molecule is c1ccc2c(c1)C[C@H]1NCC[C@@]23OCCC[C@@H]13. The van der Waals surface area contributed by atoms with Crippen molar-refractivity contribution < 1.29 is 4.74 Å². The Labute approximate surface area is 102 Å². The summed E-state index contributed by atoms with van der Waals surface area (Å²) in [5.41, 5.74) is 3.04. The molecule has 0 spiro atoms. The van der Waals surface area contributed by atoms with Crippen molar-refractivity contribution in [1.82, 2.24) is 5.32 Å². The lowest BCUT2D eigenvalue weighted by Crippen LogP contribution is -2.61. The van der Waals surface area contributed by atoms with Crippen LogP contribution in [0.25, 0.3) is 0 Å². The Morgan fingerprint density at radius 2 is 2.24 bits per heavy atom. The van der Waals surface area contributed by atoms with Crippen LogP contribution in [0.15, 0.2) is 24.3 Å². The molecule has 2 aliphatic heterocycles. The third-order valence-corrected chi connectivity index (χ3v) is 4.92. The van der Waals surface area contributed by atoms with E-state index < -0.39 is 0 Å². The molecule has 1 aliphatic carbocycles. The molecule has 1 aromatic rings. The van der Waals surface area contributed by atoms with E-state index in [4.69, 9.17) is 4.74 Å². The Morgan fingerprint density at radius 3 is 3.24 bits per heavy atom. The van der Waals surface area contributed by atoms with Crippen molar-refractivity contribution in [3.05, 3.63) is 35.4 Å². The number of fused-ring (bicyclic) bond motifs is 1. The number of benzene rings is 1. The second kappa shape index (κ2) is 3.56. The lowest BCUT2D eigenvalue weighted by atomic mass is 9.63. The molecular formula is C15H19NO. The molecule has 2 bridgehead atoms.